The lowest BCUT2D eigenvalue weighted by Gasteiger charge is -2.20. The largest absolute Gasteiger partial charge is 0.386 e. The summed E-state index contributed by atoms with van der Waals surface area (Å²) in [5, 5.41) is 19.4. The van der Waals surface area contributed by atoms with Crippen LogP contribution in [0, 0.1) is 10.1 Å². The third-order valence-electron chi connectivity index (χ3n) is 1.67. The molecule has 1 atom stereocenters. The summed E-state index contributed by atoms with van der Waals surface area (Å²) >= 11 is 0. The Kier molecular flexibility index (Phi) is 2.77. The van der Waals surface area contributed by atoms with Gasteiger partial charge in [-0.05, 0) is 6.42 Å². The number of hydrogen-bond acceptors (Lipinski definition) is 3. The van der Waals surface area contributed by atoms with E-state index >= 15 is 0 Å². The van der Waals surface area contributed by atoms with E-state index in [9.17, 15) is 10.1 Å². The molecule has 0 aliphatic carbocycles. The van der Waals surface area contributed by atoms with Crippen LogP contribution in [-0.2, 0) is 0 Å². The minimum absolute atomic E-state index is 0.411. The van der Waals surface area contributed by atoms with Crippen LogP contribution in [0.3, 0.4) is 0 Å². The molecule has 4 nitrogen and oxygen atoms in total. The molecule has 0 rings (SSSR count). The Balaban J connectivity index is 4.23. The van der Waals surface area contributed by atoms with E-state index in [-0.39, 0.29) is 0 Å². The van der Waals surface area contributed by atoms with Crippen LogP contribution in [0.1, 0.15) is 27.2 Å². The highest BCUT2D eigenvalue weighted by molar-refractivity contribution is 4.75. The van der Waals surface area contributed by atoms with Crippen LogP contribution >= 0.6 is 0 Å². The minimum atomic E-state index is -1.21. The lowest BCUT2D eigenvalue weighted by molar-refractivity contribution is -0.573. The van der Waals surface area contributed by atoms with Gasteiger partial charge in [0.05, 0.1) is 0 Å². The lowest BCUT2D eigenvalue weighted by atomic mass is 9.97. The van der Waals surface area contributed by atoms with Gasteiger partial charge in [0.15, 0.2) is 0 Å². The standard InChI is InChI=1S/C6H13NO3/c1-4-5(8)6(2,3)7(9)10/h5,8H,4H2,1-3H3/t5-/m0/s1. The van der Waals surface area contributed by atoms with Crippen LogP contribution in [0.2, 0.25) is 0 Å². The van der Waals surface area contributed by atoms with Crippen molar-refractivity contribution in [2.75, 3.05) is 0 Å². The van der Waals surface area contributed by atoms with Crippen LogP contribution in [0.5, 0.6) is 0 Å². The molecule has 0 aliphatic rings. The van der Waals surface area contributed by atoms with E-state index in [1.54, 1.807) is 6.92 Å². The zero-order chi connectivity index (χ0) is 8.36. The highest BCUT2D eigenvalue weighted by Crippen LogP contribution is 2.15. The summed E-state index contributed by atoms with van der Waals surface area (Å²) in [5.74, 6) is 0. The highest BCUT2D eigenvalue weighted by Gasteiger charge is 2.38. The Morgan fingerprint density at radius 2 is 2.10 bits per heavy atom. The van der Waals surface area contributed by atoms with Gasteiger partial charge in [0.1, 0.15) is 6.10 Å². The van der Waals surface area contributed by atoms with Crippen molar-refractivity contribution in [2.45, 2.75) is 38.8 Å². The predicted octanol–water partition coefficient (Wildman–Crippen LogP) is 0.813. The smallest absolute Gasteiger partial charge is 0.242 e. The zero-order valence-electron chi connectivity index (χ0n) is 6.50. The maximum absolute atomic E-state index is 10.3. The summed E-state index contributed by atoms with van der Waals surface area (Å²) in [4.78, 5) is 9.81. The molecule has 0 spiro atoms. The molecule has 0 radical (unpaired) electrons. The van der Waals surface area contributed by atoms with E-state index in [4.69, 9.17) is 5.11 Å². The second kappa shape index (κ2) is 2.96. The molecule has 4 heteroatoms. The topological polar surface area (TPSA) is 63.4 Å². The number of rotatable bonds is 3. The Hall–Kier alpha value is -0.640. The molecule has 0 aromatic heterocycles. The number of hydrogen-bond donors (Lipinski definition) is 1. The first-order valence-corrected chi connectivity index (χ1v) is 3.25. The zero-order valence-corrected chi connectivity index (χ0v) is 6.50. The molecule has 0 saturated heterocycles. The minimum Gasteiger partial charge on any atom is -0.386 e. The van der Waals surface area contributed by atoms with Gasteiger partial charge in [-0.2, -0.15) is 0 Å². The van der Waals surface area contributed by atoms with Crippen LogP contribution < -0.4 is 0 Å². The molecular formula is C6H13NO3. The van der Waals surface area contributed by atoms with Crippen LogP contribution in [0.4, 0.5) is 0 Å². The summed E-state index contributed by atoms with van der Waals surface area (Å²) in [6, 6.07) is 0. The second-order valence-corrected chi connectivity index (χ2v) is 2.83. The van der Waals surface area contributed by atoms with Crippen molar-refractivity contribution in [1.29, 1.82) is 0 Å². The van der Waals surface area contributed by atoms with Crippen molar-refractivity contribution >= 4 is 0 Å². The Morgan fingerprint density at radius 3 is 2.20 bits per heavy atom. The summed E-state index contributed by atoms with van der Waals surface area (Å²) in [6.07, 6.45) is -0.448. The number of aliphatic hydroxyl groups excluding tert-OH is 1. The summed E-state index contributed by atoms with van der Waals surface area (Å²) < 4.78 is 0. The van der Waals surface area contributed by atoms with E-state index in [1.165, 1.54) is 13.8 Å². The normalized spacial score (nSPS) is 14.8. The van der Waals surface area contributed by atoms with Crippen molar-refractivity contribution in [2.24, 2.45) is 0 Å². The Bertz CT molecular complexity index is 133. The summed E-state index contributed by atoms with van der Waals surface area (Å²) in [6.45, 7) is 4.55. The highest BCUT2D eigenvalue weighted by atomic mass is 16.6. The molecule has 0 amide bonds. The van der Waals surface area contributed by atoms with Gasteiger partial charge in [-0.3, -0.25) is 10.1 Å². The van der Waals surface area contributed by atoms with Crippen molar-refractivity contribution in [1.82, 2.24) is 0 Å². The third kappa shape index (κ3) is 1.67. The molecule has 0 saturated carbocycles. The molecule has 0 heterocycles. The molecule has 0 bridgehead atoms. The molecular weight excluding hydrogens is 134 g/mol. The maximum Gasteiger partial charge on any atom is 0.242 e. The number of nitrogens with zero attached hydrogens (tertiary/aromatic N) is 1. The van der Waals surface area contributed by atoms with Gasteiger partial charge in [0.2, 0.25) is 5.54 Å². The molecule has 1 N–H and O–H groups in total. The number of aliphatic hydroxyl groups is 1. The fraction of sp³-hybridized carbons (Fsp3) is 1.00. The van der Waals surface area contributed by atoms with Gasteiger partial charge in [0, 0.05) is 18.8 Å². The first kappa shape index (κ1) is 9.36. The van der Waals surface area contributed by atoms with Crippen molar-refractivity contribution < 1.29 is 10.0 Å². The first-order valence-electron chi connectivity index (χ1n) is 3.25. The summed E-state index contributed by atoms with van der Waals surface area (Å²) in [5.41, 5.74) is -1.21. The van der Waals surface area contributed by atoms with Crippen LogP contribution in [-0.4, -0.2) is 21.7 Å². The van der Waals surface area contributed by atoms with Gasteiger partial charge in [0.25, 0.3) is 0 Å². The molecule has 0 aromatic rings. The number of nitro groups is 1. The van der Waals surface area contributed by atoms with E-state index in [2.05, 4.69) is 0 Å². The van der Waals surface area contributed by atoms with Crippen LogP contribution in [0.25, 0.3) is 0 Å². The Morgan fingerprint density at radius 1 is 1.70 bits per heavy atom. The second-order valence-electron chi connectivity index (χ2n) is 2.83. The average Bonchev–Trinajstić information content (AvgIpc) is 1.86. The van der Waals surface area contributed by atoms with Gasteiger partial charge < -0.3 is 5.11 Å². The monoisotopic (exact) mass is 147 g/mol. The maximum atomic E-state index is 10.3. The predicted molar refractivity (Wildman–Crippen MR) is 37.4 cm³/mol. The molecule has 0 unspecified atom stereocenters. The quantitative estimate of drug-likeness (QED) is 0.474. The molecule has 10 heavy (non-hydrogen) atoms. The lowest BCUT2D eigenvalue weighted by Crippen LogP contribution is -2.43. The average molecular weight is 147 g/mol. The molecule has 60 valence electrons. The third-order valence-corrected chi connectivity index (χ3v) is 1.67. The van der Waals surface area contributed by atoms with E-state index in [1.807, 2.05) is 0 Å². The molecule has 0 aromatic carbocycles. The van der Waals surface area contributed by atoms with Gasteiger partial charge in [-0.1, -0.05) is 6.92 Å². The first-order chi connectivity index (χ1) is 4.42. The van der Waals surface area contributed by atoms with E-state index < -0.39 is 16.6 Å². The molecule has 0 fully saturated rings. The van der Waals surface area contributed by atoms with E-state index in [0.717, 1.165) is 0 Å². The fourth-order valence-electron chi connectivity index (χ4n) is 0.621. The Labute approximate surface area is 60.0 Å². The van der Waals surface area contributed by atoms with Gasteiger partial charge in [-0.15, -0.1) is 0 Å². The SMILES string of the molecule is CC[C@H](O)C(C)(C)[N+](=O)[O-]. The summed E-state index contributed by atoms with van der Waals surface area (Å²) in [7, 11) is 0. The fourth-order valence-corrected chi connectivity index (χ4v) is 0.621. The van der Waals surface area contributed by atoms with Gasteiger partial charge >= 0.3 is 0 Å². The van der Waals surface area contributed by atoms with Crippen molar-refractivity contribution in [3.8, 4) is 0 Å². The van der Waals surface area contributed by atoms with Gasteiger partial charge in [-0.25, -0.2) is 0 Å². The van der Waals surface area contributed by atoms with Crippen molar-refractivity contribution in [3.63, 3.8) is 0 Å². The van der Waals surface area contributed by atoms with Crippen LogP contribution in [0.15, 0.2) is 0 Å². The van der Waals surface area contributed by atoms with Crippen molar-refractivity contribution in [3.05, 3.63) is 10.1 Å². The van der Waals surface area contributed by atoms with E-state index in [0.29, 0.717) is 6.42 Å². The molecule has 0 aliphatic heterocycles.